The molecular formula is C6H15OP. The van der Waals surface area contributed by atoms with Gasteiger partial charge in [-0.3, -0.25) is 0 Å². The maximum absolute atomic E-state index is 5.33. The molecule has 0 spiro atoms. The Hall–Kier alpha value is 0.390. The monoisotopic (exact) mass is 134 g/mol. The maximum Gasteiger partial charge on any atom is 0.0558 e. The van der Waals surface area contributed by atoms with Crippen LogP contribution < -0.4 is 0 Å². The summed E-state index contributed by atoms with van der Waals surface area (Å²) in [6.07, 6.45) is 0.399. The van der Waals surface area contributed by atoms with Gasteiger partial charge < -0.3 is 4.52 Å². The van der Waals surface area contributed by atoms with Gasteiger partial charge in [0.05, 0.1) is 6.10 Å². The molecule has 0 aromatic carbocycles. The van der Waals surface area contributed by atoms with E-state index in [2.05, 4.69) is 27.7 Å². The molecule has 0 aliphatic heterocycles. The summed E-state index contributed by atoms with van der Waals surface area (Å²) in [4.78, 5) is 0. The maximum atomic E-state index is 5.33. The van der Waals surface area contributed by atoms with Gasteiger partial charge in [-0.15, -0.1) is 0 Å². The van der Waals surface area contributed by atoms with Gasteiger partial charge in [0.1, 0.15) is 0 Å². The Morgan fingerprint density at radius 2 is 1.62 bits per heavy atom. The minimum Gasteiger partial charge on any atom is -0.360 e. The second kappa shape index (κ2) is 4.29. The van der Waals surface area contributed by atoms with Crippen molar-refractivity contribution in [2.24, 2.45) is 0 Å². The van der Waals surface area contributed by atoms with Gasteiger partial charge >= 0.3 is 0 Å². The third-order valence-electron chi connectivity index (χ3n) is 0.539. The SMILES string of the molecule is CC(C)OPC(C)C. The van der Waals surface area contributed by atoms with E-state index < -0.39 is 0 Å². The molecule has 0 saturated heterocycles. The molecule has 0 heterocycles. The van der Waals surface area contributed by atoms with Crippen molar-refractivity contribution in [1.82, 2.24) is 0 Å². The van der Waals surface area contributed by atoms with E-state index in [9.17, 15) is 0 Å². The highest BCUT2D eigenvalue weighted by atomic mass is 31.1. The second-order valence-corrected chi connectivity index (χ2v) is 4.07. The summed E-state index contributed by atoms with van der Waals surface area (Å²) < 4.78 is 5.33. The third-order valence-corrected chi connectivity index (χ3v) is 1.62. The first kappa shape index (κ1) is 8.39. The van der Waals surface area contributed by atoms with Crippen molar-refractivity contribution in [3.8, 4) is 0 Å². The van der Waals surface area contributed by atoms with Crippen LogP contribution in [0.15, 0.2) is 0 Å². The molecular weight excluding hydrogens is 119 g/mol. The normalized spacial score (nSPS) is 12.8. The lowest BCUT2D eigenvalue weighted by Crippen LogP contribution is -1.96. The van der Waals surface area contributed by atoms with Gasteiger partial charge in [0.2, 0.25) is 0 Å². The fourth-order valence-electron chi connectivity index (χ4n) is 0.272. The van der Waals surface area contributed by atoms with Gasteiger partial charge in [-0.2, -0.15) is 0 Å². The van der Waals surface area contributed by atoms with E-state index in [0.717, 1.165) is 0 Å². The second-order valence-electron chi connectivity index (χ2n) is 2.44. The van der Waals surface area contributed by atoms with Crippen molar-refractivity contribution in [1.29, 1.82) is 0 Å². The summed E-state index contributed by atoms with van der Waals surface area (Å²) in [5, 5.41) is 0. The van der Waals surface area contributed by atoms with E-state index in [0.29, 0.717) is 20.6 Å². The molecule has 0 aliphatic rings. The van der Waals surface area contributed by atoms with E-state index in [-0.39, 0.29) is 0 Å². The van der Waals surface area contributed by atoms with Crippen LogP contribution >= 0.6 is 8.81 Å². The minimum atomic E-state index is 0.399. The van der Waals surface area contributed by atoms with Gasteiger partial charge in [0.15, 0.2) is 0 Å². The van der Waals surface area contributed by atoms with E-state index in [4.69, 9.17) is 4.52 Å². The van der Waals surface area contributed by atoms with Crippen molar-refractivity contribution in [3.05, 3.63) is 0 Å². The molecule has 2 heteroatoms. The van der Waals surface area contributed by atoms with Crippen molar-refractivity contribution in [2.45, 2.75) is 39.5 Å². The van der Waals surface area contributed by atoms with Crippen LogP contribution in [0.1, 0.15) is 27.7 Å². The Balaban J connectivity index is 2.93. The van der Waals surface area contributed by atoms with Gasteiger partial charge in [0.25, 0.3) is 0 Å². The Kier molecular flexibility index (Phi) is 4.50. The molecule has 1 nitrogen and oxygen atoms in total. The van der Waals surface area contributed by atoms with E-state index in [1.165, 1.54) is 0 Å². The Morgan fingerprint density at radius 3 is 1.75 bits per heavy atom. The highest BCUT2D eigenvalue weighted by molar-refractivity contribution is 7.33. The quantitative estimate of drug-likeness (QED) is 0.538. The first-order valence-electron chi connectivity index (χ1n) is 3.04. The number of hydrogen-bond donors (Lipinski definition) is 0. The predicted molar refractivity (Wildman–Crippen MR) is 39.7 cm³/mol. The van der Waals surface area contributed by atoms with E-state index in [1.807, 2.05) is 0 Å². The van der Waals surface area contributed by atoms with Crippen LogP contribution in [0.3, 0.4) is 0 Å². The number of hydrogen-bond acceptors (Lipinski definition) is 1. The Labute approximate surface area is 53.7 Å². The first-order chi connectivity index (χ1) is 3.63. The molecule has 0 aromatic rings. The van der Waals surface area contributed by atoms with Crippen LogP contribution in [0.25, 0.3) is 0 Å². The molecule has 0 amide bonds. The van der Waals surface area contributed by atoms with Crippen LogP contribution in [0.2, 0.25) is 0 Å². The van der Waals surface area contributed by atoms with Crippen LogP contribution in [0.4, 0.5) is 0 Å². The van der Waals surface area contributed by atoms with Crippen LogP contribution in [0, 0.1) is 0 Å². The molecule has 1 unspecified atom stereocenters. The molecule has 0 bridgehead atoms. The predicted octanol–water partition coefficient (Wildman–Crippen LogP) is 2.41. The van der Waals surface area contributed by atoms with E-state index >= 15 is 0 Å². The smallest absolute Gasteiger partial charge is 0.0558 e. The lowest BCUT2D eigenvalue weighted by molar-refractivity contribution is 0.277. The Bertz CT molecular complexity index is 44.5. The number of rotatable bonds is 3. The average Bonchev–Trinajstić information content (AvgIpc) is 1.61. The summed E-state index contributed by atoms with van der Waals surface area (Å²) >= 11 is 0. The van der Waals surface area contributed by atoms with Crippen LogP contribution in [-0.4, -0.2) is 11.8 Å². The van der Waals surface area contributed by atoms with Crippen molar-refractivity contribution >= 4 is 8.81 Å². The zero-order valence-electron chi connectivity index (χ0n) is 6.06. The summed E-state index contributed by atoms with van der Waals surface area (Å²) in [6.45, 7) is 8.46. The van der Waals surface area contributed by atoms with Gasteiger partial charge in [-0.25, -0.2) is 0 Å². The fraction of sp³-hybridized carbons (Fsp3) is 1.00. The molecule has 1 atom stereocenters. The molecule has 0 aliphatic carbocycles. The van der Waals surface area contributed by atoms with Crippen LogP contribution in [0.5, 0.6) is 0 Å². The van der Waals surface area contributed by atoms with Gasteiger partial charge in [0, 0.05) is 8.81 Å². The zero-order chi connectivity index (χ0) is 6.57. The highest BCUT2D eigenvalue weighted by Gasteiger charge is 1.95. The van der Waals surface area contributed by atoms with Crippen LogP contribution in [-0.2, 0) is 4.52 Å². The highest BCUT2D eigenvalue weighted by Crippen LogP contribution is 2.20. The van der Waals surface area contributed by atoms with E-state index in [1.54, 1.807) is 0 Å². The molecule has 0 N–H and O–H groups in total. The van der Waals surface area contributed by atoms with Gasteiger partial charge in [-0.1, -0.05) is 13.8 Å². The summed E-state index contributed by atoms with van der Waals surface area (Å²) in [5.74, 6) is 0. The first-order valence-corrected chi connectivity index (χ1v) is 4.02. The van der Waals surface area contributed by atoms with Gasteiger partial charge in [-0.05, 0) is 19.5 Å². The lowest BCUT2D eigenvalue weighted by Gasteiger charge is -2.08. The average molecular weight is 134 g/mol. The topological polar surface area (TPSA) is 9.23 Å². The molecule has 0 radical (unpaired) electrons. The molecule has 0 saturated carbocycles. The summed E-state index contributed by atoms with van der Waals surface area (Å²) in [6, 6.07) is 0. The molecule has 50 valence electrons. The van der Waals surface area contributed by atoms with Crippen molar-refractivity contribution in [2.75, 3.05) is 0 Å². The standard InChI is InChI=1S/C6H15OP/c1-5(2)7-8-6(3)4/h5-6,8H,1-4H3. The Morgan fingerprint density at radius 1 is 1.12 bits per heavy atom. The molecule has 0 aromatic heterocycles. The van der Waals surface area contributed by atoms with Crippen molar-refractivity contribution in [3.63, 3.8) is 0 Å². The largest absolute Gasteiger partial charge is 0.360 e. The minimum absolute atomic E-state index is 0.399. The lowest BCUT2D eigenvalue weighted by atomic mass is 10.5. The van der Waals surface area contributed by atoms with Crippen molar-refractivity contribution < 1.29 is 4.52 Å². The fourth-order valence-corrected chi connectivity index (χ4v) is 0.816. The molecule has 8 heavy (non-hydrogen) atoms. The molecule has 0 rings (SSSR count). The third kappa shape index (κ3) is 6.39. The summed E-state index contributed by atoms with van der Waals surface area (Å²) in [7, 11) is 0.669. The zero-order valence-corrected chi connectivity index (χ0v) is 7.06. The molecule has 0 fully saturated rings. The summed E-state index contributed by atoms with van der Waals surface area (Å²) in [5.41, 5.74) is 0.692.